The molecule has 156 valence electrons. The van der Waals surface area contributed by atoms with E-state index in [1.54, 1.807) is 0 Å². The molecule has 0 amide bonds. The Morgan fingerprint density at radius 2 is 1.50 bits per heavy atom. The van der Waals surface area contributed by atoms with E-state index in [2.05, 4.69) is 40.3 Å². The van der Waals surface area contributed by atoms with Gasteiger partial charge in [-0.15, -0.1) is 0 Å². The lowest BCUT2D eigenvalue weighted by molar-refractivity contribution is -0.0205. The van der Waals surface area contributed by atoms with Crippen molar-refractivity contribution in [2.24, 2.45) is 17.8 Å². The van der Waals surface area contributed by atoms with E-state index in [1.165, 1.54) is 55.0 Å². The number of hydrogen-bond donors (Lipinski definition) is 1. The van der Waals surface area contributed by atoms with Gasteiger partial charge in [-0.25, -0.2) is 0 Å². The molecule has 0 saturated heterocycles. The number of rotatable bonds is 5. The highest BCUT2D eigenvalue weighted by Gasteiger charge is 2.50. The number of nitrogens with one attached hydrogen (secondary N) is 1. The summed E-state index contributed by atoms with van der Waals surface area (Å²) in [7, 11) is 0. The predicted molar refractivity (Wildman–Crippen MR) is 125 cm³/mol. The third-order valence-electron chi connectivity index (χ3n) is 7.95. The van der Waals surface area contributed by atoms with E-state index < -0.39 is 0 Å². The molecule has 4 aliphatic carbocycles. The number of halogens is 2. The van der Waals surface area contributed by atoms with Crippen LogP contribution in [0.2, 0.25) is 10.0 Å². The van der Waals surface area contributed by atoms with Crippen LogP contribution >= 0.6 is 23.2 Å². The van der Waals surface area contributed by atoms with E-state index in [0.29, 0.717) is 12.1 Å². The van der Waals surface area contributed by atoms with E-state index in [1.807, 2.05) is 18.2 Å². The van der Waals surface area contributed by atoms with E-state index in [9.17, 15) is 0 Å². The first-order chi connectivity index (χ1) is 14.6. The molecule has 0 radical (unpaired) electrons. The molecule has 0 atom stereocenters. The first-order valence-corrected chi connectivity index (χ1v) is 12.1. The van der Waals surface area contributed by atoms with Crippen LogP contribution in [0.3, 0.4) is 0 Å². The van der Waals surface area contributed by atoms with E-state index in [-0.39, 0.29) is 0 Å². The van der Waals surface area contributed by atoms with Crippen molar-refractivity contribution >= 4 is 34.1 Å². The maximum Gasteiger partial charge on any atom is 0.0505 e. The van der Waals surface area contributed by atoms with Crippen molar-refractivity contribution < 1.29 is 0 Å². The molecule has 4 fully saturated rings. The summed E-state index contributed by atoms with van der Waals surface area (Å²) in [5.41, 5.74) is 3.99. The molecule has 2 aromatic carbocycles. The molecule has 2 nitrogen and oxygen atoms in total. The summed E-state index contributed by atoms with van der Waals surface area (Å²) >= 11 is 12.9. The summed E-state index contributed by atoms with van der Waals surface area (Å²) in [6, 6.07) is 14.5. The fourth-order valence-electron chi connectivity index (χ4n) is 7.06. The molecule has 1 aromatic heterocycles. The SMILES string of the molecule is Clc1cccc(Cl)c1Cn1cc(CNC23CC4CC(CC(C4)C2)C3)c2ccccc21. The van der Waals surface area contributed by atoms with Crippen molar-refractivity contribution in [3.63, 3.8) is 0 Å². The number of fused-ring (bicyclic) bond motifs is 1. The van der Waals surface area contributed by atoms with Crippen molar-refractivity contribution in [1.29, 1.82) is 0 Å². The Labute approximate surface area is 188 Å². The number of hydrogen-bond acceptors (Lipinski definition) is 1. The van der Waals surface area contributed by atoms with Crippen LogP contribution in [0.4, 0.5) is 0 Å². The Morgan fingerprint density at radius 3 is 2.17 bits per heavy atom. The minimum absolute atomic E-state index is 0.379. The second-order valence-electron chi connectivity index (χ2n) is 10.1. The molecule has 7 rings (SSSR count). The Morgan fingerprint density at radius 1 is 0.867 bits per heavy atom. The van der Waals surface area contributed by atoms with Gasteiger partial charge in [0.25, 0.3) is 0 Å². The Bertz CT molecular complexity index is 1040. The van der Waals surface area contributed by atoms with Crippen LogP contribution in [0.5, 0.6) is 0 Å². The number of para-hydroxylation sites is 1. The van der Waals surface area contributed by atoms with Crippen LogP contribution in [-0.4, -0.2) is 10.1 Å². The van der Waals surface area contributed by atoms with Gasteiger partial charge in [-0.2, -0.15) is 0 Å². The highest BCUT2D eigenvalue weighted by molar-refractivity contribution is 6.36. The monoisotopic (exact) mass is 438 g/mol. The summed E-state index contributed by atoms with van der Waals surface area (Å²) in [6.45, 7) is 1.63. The molecule has 4 aliphatic rings. The quantitative estimate of drug-likeness (QED) is 0.451. The molecule has 1 N–H and O–H groups in total. The van der Waals surface area contributed by atoms with Gasteiger partial charge in [-0.3, -0.25) is 0 Å². The molecule has 3 aromatic rings. The molecule has 30 heavy (non-hydrogen) atoms. The second-order valence-corrected chi connectivity index (χ2v) is 10.9. The van der Waals surface area contributed by atoms with E-state index in [0.717, 1.165) is 39.9 Å². The van der Waals surface area contributed by atoms with Crippen LogP contribution in [0, 0.1) is 17.8 Å². The van der Waals surface area contributed by atoms with Crippen molar-refractivity contribution in [3.8, 4) is 0 Å². The van der Waals surface area contributed by atoms with Gasteiger partial charge in [0, 0.05) is 44.8 Å². The normalized spacial score (nSPS) is 29.7. The lowest BCUT2D eigenvalue weighted by Gasteiger charge is -2.57. The Hall–Kier alpha value is -1.48. The largest absolute Gasteiger partial charge is 0.343 e. The molecular weight excluding hydrogens is 411 g/mol. The molecule has 4 heteroatoms. The number of nitrogens with zero attached hydrogens (tertiary/aromatic N) is 1. The summed E-state index contributed by atoms with van der Waals surface area (Å²) < 4.78 is 2.30. The topological polar surface area (TPSA) is 17.0 Å². The Kier molecular flexibility index (Phi) is 4.67. The van der Waals surface area contributed by atoms with E-state index >= 15 is 0 Å². The van der Waals surface area contributed by atoms with Crippen LogP contribution in [0.1, 0.15) is 49.7 Å². The average molecular weight is 439 g/mol. The minimum atomic E-state index is 0.379. The fraction of sp³-hybridized carbons (Fsp3) is 0.462. The third-order valence-corrected chi connectivity index (χ3v) is 8.66. The summed E-state index contributed by atoms with van der Waals surface area (Å²) in [5, 5.41) is 6.86. The van der Waals surface area contributed by atoms with Gasteiger partial charge in [0.15, 0.2) is 0 Å². The highest BCUT2D eigenvalue weighted by Crippen LogP contribution is 2.55. The minimum Gasteiger partial charge on any atom is -0.343 e. The van der Waals surface area contributed by atoms with Crippen molar-refractivity contribution in [3.05, 3.63) is 69.8 Å². The first kappa shape index (κ1) is 19.2. The van der Waals surface area contributed by atoms with Crippen molar-refractivity contribution in [2.45, 2.75) is 57.2 Å². The summed E-state index contributed by atoms with van der Waals surface area (Å²) in [4.78, 5) is 0. The lowest BCUT2D eigenvalue weighted by Crippen LogP contribution is -2.58. The Balaban J connectivity index is 1.29. The fourth-order valence-corrected chi connectivity index (χ4v) is 7.58. The first-order valence-electron chi connectivity index (χ1n) is 11.3. The average Bonchev–Trinajstić information content (AvgIpc) is 3.06. The maximum absolute atomic E-state index is 6.46. The van der Waals surface area contributed by atoms with Gasteiger partial charge in [0.05, 0.1) is 6.54 Å². The molecule has 4 bridgehead atoms. The molecule has 4 saturated carbocycles. The molecule has 0 spiro atoms. The zero-order valence-corrected chi connectivity index (χ0v) is 18.7. The standard InChI is InChI=1S/C26H28Cl2N2/c27-23-5-3-6-24(28)22(23)16-30-15-20(21-4-1-2-7-25(21)30)14-29-26-11-17-8-18(12-26)10-19(9-17)13-26/h1-7,15,17-19,29H,8-14,16H2. The van der Waals surface area contributed by atoms with Crippen LogP contribution in [0.25, 0.3) is 10.9 Å². The van der Waals surface area contributed by atoms with Gasteiger partial charge in [0.2, 0.25) is 0 Å². The third kappa shape index (κ3) is 3.28. The molecule has 0 unspecified atom stereocenters. The van der Waals surface area contributed by atoms with Gasteiger partial charge in [0.1, 0.15) is 0 Å². The molecular formula is C26H28Cl2N2. The lowest BCUT2D eigenvalue weighted by atomic mass is 9.53. The second kappa shape index (κ2) is 7.29. The molecule has 0 aliphatic heterocycles. The van der Waals surface area contributed by atoms with Gasteiger partial charge < -0.3 is 9.88 Å². The van der Waals surface area contributed by atoms with Crippen molar-refractivity contribution in [2.75, 3.05) is 0 Å². The van der Waals surface area contributed by atoms with E-state index in [4.69, 9.17) is 23.2 Å². The van der Waals surface area contributed by atoms with Gasteiger partial charge in [-0.1, -0.05) is 47.5 Å². The summed E-state index contributed by atoms with van der Waals surface area (Å²) in [5.74, 6) is 2.90. The zero-order valence-electron chi connectivity index (χ0n) is 17.2. The van der Waals surface area contributed by atoms with Gasteiger partial charge >= 0.3 is 0 Å². The zero-order chi connectivity index (χ0) is 20.3. The number of benzene rings is 2. The molecule has 1 heterocycles. The van der Waals surface area contributed by atoms with Crippen molar-refractivity contribution in [1.82, 2.24) is 9.88 Å². The van der Waals surface area contributed by atoms with Gasteiger partial charge in [-0.05, 0) is 80.0 Å². The van der Waals surface area contributed by atoms with Crippen LogP contribution < -0.4 is 5.32 Å². The highest BCUT2D eigenvalue weighted by atomic mass is 35.5. The van der Waals surface area contributed by atoms with Crippen LogP contribution in [0.15, 0.2) is 48.7 Å². The maximum atomic E-state index is 6.46. The summed E-state index contributed by atoms with van der Waals surface area (Å²) in [6.07, 6.45) is 10.9. The smallest absolute Gasteiger partial charge is 0.0505 e. The van der Waals surface area contributed by atoms with Crippen LogP contribution in [-0.2, 0) is 13.1 Å². The number of aromatic nitrogens is 1. The predicted octanol–water partition coefficient (Wildman–Crippen LogP) is 7.05.